The Morgan fingerprint density at radius 2 is 2.00 bits per heavy atom. The standard InChI is InChI=1S/C14H18N2O/c1-11-2-6-14(10-15,7-3-11)13(17)12-4-8-16-9-5-12/h4-5,8-9,11,13,17H,2-3,6-7H2,1H3. The lowest BCUT2D eigenvalue weighted by atomic mass is 9.67. The summed E-state index contributed by atoms with van der Waals surface area (Å²) in [6.07, 6.45) is 6.25. The molecule has 1 atom stereocenters. The molecule has 1 fully saturated rings. The van der Waals surface area contributed by atoms with E-state index in [0.717, 1.165) is 31.2 Å². The molecule has 1 aromatic heterocycles. The molecule has 1 aromatic rings. The van der Waals surface area contributed by atoms with Gasteiger partial charge in [0.05, 0.1) is 17.6 Å². The number of nitriles is 1. The molecular weight excluding hydrogens is 212 g/mol. The highest BCUT2D eigenvalue weighted by Crippen LogP contribution is 2.46. The lowest BCUT2D eigenvalue weighted by Gasteiger charge is -2.37. The molecule has 0 aromatic carbocycles. The Balaban J connectivity index is 2.22. The predicted molar refractivity (Wildman–Crippen MR) is 64.9 cm³/mol. The fraction of sp³-hybridized carbons (Fsp3) is 0.571. The average Bonchev–Trinajstić information content (AvgIpc) is 2.40. The van der Waals surface area contributed by atoms with Crippen LogP contribution in [0, 0.1) is 22.7 Å². The Morgan fingerprint density at radius 3 is 2.53 bits per heavy atom. The SMILES string of the molecule is CC1CCC(C#N)(C(O)c2ccncc2)CC1. The van der Waals surface area contributed by atoms with E-state index in [1.165, 1.54) is 0 Å². The van der Waals surface area contributed by atoms with Gasteiger partial charge in [-0.3, -0.25) is 4.98 Å². The fourth-order valence-electron chi connectivity index (χ4n) is 2.59. The molecule has 0 amide bonds. The number of aliphatic hydroxyl groups excluding tert-OH is 1. The molecule has 0 spiro atoms. The minimum Gasteiger partial charge on any atom is -0.387 e. The normalized spacial score (nSPS) is 30.5. The Morgan fingerprint density at radius 1 is 1.41 bits per heavy atom. The van der Waals surface area contributed by atoms with Crippen molar-refractivity contribution in [2.45, 2.75) is 38.7 Å². The molecule has 1 saturated carbocycles. The predicted octanol–water partition coefficient (Wildman–Crippen LogP) is 2.84. The van der Waals surface area contributed by atoms with Crippen LogP contribution in [0.1, 0.15) is 44.3 Å². The van der Waals surface area contributed by atoms with Crippen LogP contribution in [0.3, 0.4) is 0 Å². The van der Waals surface area contributed by atoms with Crippen LogP contribution in [-0.2, 0) is 0 Å². The molecule has 1 unspecified atom stereocenters. The van der Waals surface area contributed by atoms with Gasteiger partial charge in [0.2, 0.25) is 0 Å². The Labute approximate surface area is 102 Å². The molecule has 1 aliphatic rings. The van der Waals surface area contributed by atoms with Crippen molar-refractivity contribution in [3.8, 4) is 6.07 Å². The highest BCUT2D eigenvalue weighted by Gasteiger charge is 2.41. The van der Waals surface area contributed by atoms with Crippen LogP contribution in [0.2, 0.25) is 0 Å². The summed E-state index contributed by atoms with van der Waals surface area (Å²) < 4.78 is 0. The smallest absolute Gasteiger partial charge is 0.0977 e. The molecule has 2 rings (SSSR count). The highest BCUT2D eigenvalue weighted by molar-refractivity contribution is 5.21. The molecule has 1 aliphatic carbocycles. The van der Waals surface area contributed by atoms with Gasteiger partial charge in [-0.25, -0.2) is 0 Å². The summed E-state index contributed by atoms with van der Waals surface area (Å²) in [5.74, 6) is 0.668. The second kappa shape index (κ2) is 4.85. The topological polar surface area (TPSA) is 56.9 Å². The van der Waals surface area contributed by atoms with Gasteiger partial charge in [0.1, 0.15) is 0 Å². The number of rotatable bonds is 2. The molecule has 1 N–H and O–H groups in total. The minimum absolute atomic E-state index is 0.603. The second-order valence-corrected chi connectivity index (χ2v) is 5.13. The maximum Gasteiger partial charge on any atom is 0.0977 e. The van der Waals surface area contributed by atoms with Crippen LogP contribution < -0.4 is 0 Å². The lowest BCUT2D eigenvalue weighted by molar-refractivity contribution is 0.0266. The second-order valence-electron chi connectivity index (χ2n) is 5.13. The summed E-state index contributed by atoms with van der Waals surface area (Å²) in [5.41, 5.74) is 0.199. The quantitative estimate of drug-likeness (QED) is 0.850. The van der Waals surface area contributed by atoms with E-state index in [-0.39, 0.29) is 0 Å². The van der Waals surface area contributed by atoms with Crippen LogP contribution in [0.25, 0.3) is 0 Å². The van der Waals surface area contributed by atoms with Crippen molar-refractivity contribution in [1.29, 1.82) is 5.26 Å². The zero-order valence-electron chi connectivity index (χ0n) is 10.1. The third kappa shape index (κ3) is 2.32. The van der Waals surface area contributed by atoms with Gasteiger partial charge in [0.25, 0.3) is 0 Å². The van der Waals surface area contributed by atoms with E-state index < -0.39 is 11.5 Å². The van der Waals surface area contributed by atoms with Gasteiger partial charge in [0, 0.05) is 12.4 Å². The van der Waals surface area contributed by atoms with Crippen molar-refractivity contribution in [2.75, 3.05) is 0 Å². The molecule has 0 aliphatic heterocycles. The Hall–Kier alpha value is -1.40. The van der Waals surface area contributed by atoms with E-state index in [4.69, 9.17) is 0 Å². The molecular formula is C14H18N2O. The summed E-state index contributed by atoms with van der Waals surface area (Å²) >= 11 is 0. The fourth-order valence-corrected chi connectivity index (χ4v) is 2.59. The summed E-state index contributed by atoms with van der Waals surface area (Å²) in [7, 11) is 0. The first-order valence-corrected chi connectivity index (χ1v) is 6.17. The van der Waals surface area contributed by atoms with Crippen LogP contribution in [-0.4, -0.2) is 10.1 Å². The minimum atomic E-state index is -0.692. The van der Waals surface area contributed by atoms with Gasteiger partial charge in [-0.15, -0.1) is 0 Å². The van der Waals surface area contributed by atoms with Gasteiger partial charge in [0.15, 0.2) is 0 Å². The third-order valence-electron chi connectivity index (χ3n) is 3.93. The summed E-state index contributed by atoms with van der Waals surface area (Å²) in [4.78, 5) is 3.94. The first-order chi connectivity index (χ1) is 8.18. The first-order valence-electron chi connectivity index (χ1n) is 6.17. The van der Waals surface area contributed by atoms with Gasteiger partial charge in [-0.05, 0) is 49.3 Å². The Bertz CT molecular complexity index is 402. The number of aliphatic hydroxyl groups is 1. The Kier molecular flexibility index (Phi) is 3.44. The van der Waals surface area contributed by atoms with E-state index in [0.29, 0.717) is 5.92 Å². The molecule has 0 saturated heterocycles. The molecule has 1 heterocycles. The molecule has 90 valence electrons. The summed E-state index contributed by atoms with van der Waals surface area (Å²) in [6.45, 7) is 2.21. The van der Waals surface area contributed by atoms with Crippen molar-refractivity contribution < 1.29 is 5.11 Å². The summed E-state index contributed by atoms with van der Waals surface area (Å²) in [5, 5.41) is 19.9. The molecule has 0 bridgehead atoms. The van der Waals surface area contributed by atoms with E-state index in [2.05, 4.69) is 18.0 Å². The maximum absolute atomic E-state index is 10.4. The van der Waals surface area contributed by atoms with Crippen LogP contribution in [0.5, 0.6) is 0 Å². The van der Waals surface area contributed by atoms with Crippen LogP contribution >= 0.6 is 0 Å². The van der Waals surface area contributed by atoms with Gasteiger partial charge < -0.3 is 5.11 Å². The van der Waals surface area contributed by atoms with Gasteiger partial charge in [-0.2, -0.15) is 5.26 Å². The third-order valence-corrected chi connectivity index (χ3v) is 3.93. The van der Waals surface area contributed by atoms with E-state index >= 15 is 0 Å². The molecule has 3 nitrogen and oxygen atoms in total. The van der Waals surface area contributed by atoms with Gasteiger partial charge >= 0.3 is 0 Å². The van der Waals surface area contributed by atoms with Crippen LogP contribution in [0.4, 0.5) is 0 Å². The molecule has 3 heteroatoms. The van der Waals surface area contributed by atoms with Crippen molar-refractivity contribution in [3.63, 3.8) is 0 Å². The molecule has 0 radical (unpaired) electrons. The van der Waals surface area contributed by atoms with E-state index in [1.807, 2.05) is 0 Å². The van der Waals surface area contributed by atoms with Crippen molar-refractivity contribution in [2.24, 2.45) is 11.3 Å². The number of hydrogen-bond acceptors (Lipinski definition) is 3. The lowest BCUT2D eigenvalue weighted by Crippen LogP contribution is -2.32. The first kappa shape index (κ1) is 12.1. The van der Waals surface area contributed by atoms with Crippen molar-refractivity contribution >= 4 is 0 Å². The van der Waals surface area contributed by atoms with E-state index in [9.17, 15) is 10.4 Å². The molecule has 17 heavy (non-hydrogen) atoms. The van der Waals surface area contributed by atoms with Crippen molar-refractivity contribution in [1.82, 2.24) is 4.98 Å². The average molecular weight is 230 g/mol. The summed E-state index contributed by atoms with van der Waals surface area (Å²) in [6, 6.07) is 5.95. The number of aromatic nitrogens is 1. The maximum atomic E-state index is 10.4. The van der Waals surface area contributed by atoms with E-state index in [1.54, 1.807) is 24.5 Å². The number of hydrogen-bond donors (Lipinski definition) is 1. The van der Waals surface area contributed by atoms with Crippen molar-refractivity contribution in [3.05, 3.63) is 30.1 Å². The zero-order valence-corrected chi connectivity index (χ0v) is 10.1. The van der Waals surface area contributed by atoms with Crippen LogP contribution in [0.15, 0.2) is 24.5 Å². The van der Waals surface area contributed by atoms with Gasteiger partial charge in [-0.1, -0.05) is 6.92 Å². The highest BCUT2D eigenvalue weighted by atomic mass is 16.3. The zero-order chi connectivity index (χ0) is 12.3. The monoisotopic (exact) mass is 230 g/mol. The number of pyridine rings is 1. The largest absolute Gasteiger partial charge is 0.387 e. The number of nitrogens with zero attached hydrogens (tertiary/aromatic N) is 2.